The average Bonchev–Trinajstić information content (AvgIpc) is 2.86. The smallest absolute Gasteiger partial charge is 0.178 e. The van der Waals surface area contributed by atoms with Crippen molar-refractivity contribution in [2.45, 2.75) is 49.1 Å². The molecule has 1 aromatic rings. The van der Waals surface area contributed by atoms with Gasteiger partial charge in [0.2, 0.25) is 0 Å². The minimum absolute atomic E-state index is 0.216. The number of nitrogens with one attached hydrogen (secondary N) is 1. The Bertz CT molecular complexity index is 532. The molecular formula is C14H19NO2S. The topological polar surface area (TPSA) is 46.2 Å². The molecule has 3 nitrogen and oxygen atoms in total. The van der Waals surface area contributed by atoms with Gasteiger partial charge in [0.25, 0.3) is 0 Å². The molecule has 3 rings (SSSR count). The van der Waals surface area contributed by atoms with E-state index in [2.05, 4.69) is 5.32 Å². The van der Waals surface area contributed by atoms with E-state index in [1.54, 1.807) is 6.07 Å². The zero-order valence-corrected chi connectivity index (χ0v) is 11.2. The molecule has 1 N–H and O–H groups in total. The summed E-state index contributed by atoms with van der Waals surface area (Å²) in [6.07, 6.45) is 5.75. The molecule has 1 unspecified atom stereocenters. The van der Waals surface area contributed by atoms with Crippen molar-refractivity contribution in [3.8, 4) is 0 Å². The summed E-state index contributed by atoms with van der Waals surface area (Å²) in [6, 6.07) is 8.24. The van der Waals surface area contributed by atoms with Crippen LogP contribution in [0.3, 0.4) is 0 Å². The Morgan fingerprint density at radius 1 is 1.06 bits per heavy atom. The molecule has 0 bridgehead atoms. The van der Waals surface area contributed by atoms with E-state index < -0.39 is 9.84 Å². The maximum absolute atomic E-state index is 12.0. The molecule has 4 heteroatoms. The van der Waals surface area contributed by atoms with Gasteiger partial charge in [0.1, 0.15) is 0 Å². The zero-order chi connectivity index (χ0) is 12.6. The SMILES string of the molecule is O=S1(=O)CCC(NC2CCCC2)c2ccccc21. The molecule has 0 saturated heterocycles. The number of sulfone groups is 1. The van der Waals surface area contributed by atoms with Crippen molar-refractivity contribution in [1.82, 2.24) is 5.32 Å². The Morgan fingerprint density at radius 3 is 2.56 bits per heavy atom. The summed E-state index contributed by atoms with van der Waals surface area (Å²) in [6.45, 7) is 0. The van der Waals surface area contributed by atoms with Crippen LogP contribution in [0.1, 0.15) is 43.7 Å². The second-order valence-corrected chi connectivity index (χ2v) is 7.42. The van der Waals surface area contributed by atoms with Gasteiger partial charge < -0.3 is 5.32 Å². The van der Waals surface area contributed by atoms with Crippen LogP contribution in [0.15, 0.2) is 29.2 Å². The minimum Gasteiger partial charge on any atom is -0.307 e. The van der Waals surface area contributed by atoms with Crippen LogP contribution in [0, 0.1) is 0 Å². The van der Waals surface area contributed by atoms with Gasteiger partial charge in [-0.2, -0.15) is 0 Å². The molecule has 18 heavy (non-hydrogen) atoms. The standard InChI is InChI=1S/C14H19NO2S/c16-18(17)10-9-13(15-11-5-1-2-6-11)12-7-3-4-8-14(12)18/h3-4,7-8,11,13,15H,1-2,5-6,9-10H2. The Hall–Kier alpha value is -0.870. The van der Waals surface area contributed by atoms with Gasteiger partial charge in [-0.25, -0.2) is 8.42 Å². The second kappa shape index (κ2) is 4.67. The minimum atomic E-state index is -3.05. The fourth-order valence-electron chi connectivity index (χ4n) is 3.14. The quantitative estimate of drug-likeness (QED) is 0.893. The Morgan fingerprint density at radius 2 is 1.78 bits per heavy atom. The first-order valence-electron chi connectivity index (χ1n) is 6.74. The van der Waals surface area contributed by atoms with Crippen LogP contribution >= 0.6 is 0 Å². The highest BCUT2D eigenvalue weighted by Crippen LogP contribution is 2.33. The molecule has 0 aromatic heterocycles. The molecule has 1 atom stereocenters. The molecule has 0 spiro atoms. The summed E-state index contributed by atoms with van der Waals surface area (Å²) in [5.74, 6) is 0.272. The molecule has 1 aliphatic carbocycles. The first kappa shape index (κ1) is 12.2. The van der Waals surface area contributed by atoms with Gasteiger partial charge in [-0.05, 0) is 30.9 Å². The van der Waals surface area contributed by atoms with Crippen molar-refractivity contribution in [3.05, 3.63) is 29.8 Å². The zero-order valence-electron chi connectivity index (χ0n) is 10.4. The van der Waals surface area contributed by atoms with Crippen molar-refractivity contribution < 1.29 is 8.42 Å². The van der Waals surface area contributed by atoms with E-state index in [0.717, 1.165) is 5.56 Å². The van der Waals surface area contributed by atoms with Crippen LogP contribution in [-0.2, 0) is 9.84 Å². The highest BCUT2D eigenvalue weighted by atomic mass is 32.2. The van der Waals surface area contributed by atoms with E-state index in [1.165, 1.54) is 25.7 Å². The lowest BCUT2D eigenvalue weighted by Gasteiger charge is -2.28. The Balaban J connectivity index is 1.89. The van der Waals surface area contributed by atoms with E-state index in [4.69, 9.17) is 0 Å². The largest absolute Gasteiger partial charge is 0.307 e. The van der Waals surface area contributed by atoms with Crippen LogP contribution in [0.4, 0.5) is 0 Å². The third-order valence-corrected chi connectivity index (χ3v) is 5.91. The highest BCUT2D eigenvalue weighted by Gasteiger charge is 2.31. The van der Waals surface area contributed by atoms with Gasteiger partial charge in [0.05, 0.1) is 10.6 Å². The van der Waals surface area contributed by atoms with E-state index in [0.29, 0.717) is 17.4 Å². The third kappa shape index (κ3) is 2.19. The molecule has 1 saturated carbocycles. The van der Waals surface area contributed by atoms with E-state index in [9.17, 15) is 8.42 Å². The van der Waals surface area contributed by atoms with Crippen molar-refractivity contribution in [2.75, 3.05) is 5.75 Å². The van der Waals surface area contributed by atoms with Crippen LogP contribution in [-0.4, -0.2) is 20.2 Å². The van der Waals surface area contributed by atoms with E-state index in [-0.39, 0.29) is 11.8 Å². The molecule has 2 aliphatic rings. The predicted molar refractivity (Wildman–Crippen MR) is 71.2 cm³/mol. The maximum atomic E-state index is 12.0. The van der Waals surface area contributed by atoms with Gasteiger partial charge in [-0.3, -0.25) is 0 Å². The second-order valence-electron chi connectivity index (χ2n) is 5.35. The molecule has 1 heterocycles. The monoisotopic (exact) mass is 265 g/mol. The van der Waals surface area contributed by atoms with Crippen molar-refractivity contribution in [2.24, 2.45) is 0 Å². The van der Waals surface area contributed by atoms with Gasteiger partial charge in [-0.15, -0.1) is 0 Å². The number of hydrogen-bond acceptors (Lipinski definition) is 3. The molecule has 1 fully saturated rings. The van der Waals surface area contributed by atoms with Gasteiger partial charge in [0, 0.05) is 12.1 Å². The van der Waals surface area contributed by atoms with Crippen LogP contribution in [0.5, 0.6) is 0 Å². The highest BCUT2D eigenvalue weighted by molar-refractivity contribution is 7.91. The Labute approximate surface area is 109 Å². The fourth-order valence-corrected chi connectivity index (χ4v) is 4.76. The molecule has 0 radical (unpaired) electrons. The lowest BCUT2D eigenvalue weighted by molar-refractivity contribution is 0.419. The number of fused-ring (bicyclic) bond motifs is 1. The van der Waals surface area contributed by atoms with Crippen LogP contribution < -0.4 is 5.32 Å². The third-order valence-electron chi connectivity index (χ3n) is 4.10. The lowest BCUT2D eigenvalue weighted by atomic mass is 10.0. The molecular weight excluding hydrogens is 246 g/mol. The van der Waals surface area contributed by atoms with Gasteiger partial charge >= 0.3 is 0 Å². The first-order valence-corrected chi connectivity index (χ1v) is 8.40. The van der Waals surface area contributed by atoms with Crippen LogP contribution in [0.2, 0.25) is 0 Å². The van der Waals surface area contributed by atoms with Crippen LogP contribution in [0.25, 0.3) is 0 Å². The first-order chi connectivity index (χ1) is 8.67. The summed E-state index contributed by atoms with van der Waals surface area (Å²) >= 11 is 0. The van der Waals surface area contributed by atoms with Crippen molar-refractivity contribution in [3.63, 3.8) is 0 Å². The summed E-state index contributed by atoms with van der Waals surface area (Å²) in [7, 11) is -3.05. The number of rotatable bonds is 2. The number of benzene rings is 1. The van der Waals surface area contributed by atoms with Crippen molar-refractivity contribution >= 4 is 9.84 Å². The molecule has 1 aromatic carbocycles. The summed E-state index contributed by atoms with van der Waals surface area (Å²) in [4.78, 5) is 0.534. The van der Waals surface area contributed by atoms with E-state index >= 15 is 0 Å². The molecule has 98 valence electrons. The van der Waals surface area contributed by atoms with Gasteiger partial charge in [0.15, 0.2) is 9.84 Å². The fraction of sp³-hybridized carbons (Fsp3) is 0.571. The maximum Gasteiger partial charge on any atom is 0.178 e. The summed E-state index contributed by atoms with van der Waals surface area (Å²) in [5, 5.41) is 3.65. The number of hydrogen-bond donors (Lipinski definition) is 1. The average molecular weight is 265 g/mol. The Kier molecular flexibility index (Phi) is 3.16. The van der Waals surface area contributed by atoms with Crippen molar-refractivity contribution in [1.29, 1.82) is 0 Å². The molecule has 1 aliphatic heterocycles. The van der Waals surface area contributed by atoms with E-state index in [1.807, 2.05) is 18.2 Å². The summed E-state index contributed by atoms with van der Waals surface area (Å²) in [5.41, 5.74) is 0.968. The predicted octanol–water partition coefficient (Wildman–Crippen LogP) is 2.44. The lowest BCUT2D eigenvalue weighted by Crippen LogP contribution is -2.35. The molecule has 0 amide bonds. The van der Waals surface area contributed by atoms with Gasteiger partial charge in [-0.1, -0.05) is 31.0 Å². The summed E-state index contributed by atoms with van der Waals surface area (Å²) < 4.78 is 24.1. The normalized spacial score (nSPS) is 27.0.